The van der Waals surface area contributed by atoms with Crippen LogP contribution in [-0.2, 0) is 55.8 Å². The number of nitrogens with zero attached hydrogens (tertiary/aromatic N) is 1. The third-order valence-corrected chi connectivity index (χ3v) is 10.9. The molecule has 0 saturated heterocycles. The summed E-state index contributed by atoms with van der Waals surface area (Å²) in [6.07, 6.45) is 3.67. The highest BCUT2D eigenvalue weighted by atomic mass is 32.3. The molecular weight excluding hydrogens is 931 g/mol. The van der Waals surface area contributed by atoms with Crippen LogP contribution in [0.5, 0.6) is 5.75 Å². The summed E-state index contributed by atoms with van der Waals surface area (Å²) < 4.78 is 117. The van der Waals surface area contributed by atoms with Crippen LogP contribution in [0.1, 0.15) is 90.4 Å². The van der Waals surface area contributed by atoms with Crippen LogP contribution in [0.25, 0.3) is 0 Å². The summed E-state index contributed by atoms with van der Waals surface area (Å²) in [7, 11) is -13.5. The van der Waals surface area contributed by atoms with E-state index >= 15 is 0 Å². The smallest absolute Gasteiger partial charge is 0.341 e. The Morgan fingerprint density at radius 3 is 1.98 bits per heavy atom. The van der Waals surface area contributed by atoms with Crippen molar-refractivity contribution < 1.29 is 76.1 Å². The van der Waals surface area contributed by atoms with Crippen molar-refractivity contribution in [1.82, 2.24) is 26.2 Å². The fourth-order valence-corrected chi connectivity index (χ4v) is 7.23. The molecule has 2 amide bonds. The van der Waals surface area contributed by atoms with E-state index in [2.05, 4.69) is 46.2 Å². The Hall–Kier alpha value is -4.71. The van der Waals surface area contributed by atoms with Crippen LogP contribution in [0, 0.1) is 0 Å². The summed E-state index contributed by atoms with van der Waals surface area (Å²) >= 11 is 0. The van der Waals surface area contributed by atoms with Crippen molar-refractivity contribution in [2.45, 2.75) is 110 Å². The van der Waals surface area contributed by atoms with Crippen molar-refractivity contribution in [2.75, 3.05) is 40.3 Å². The minimum Gasteiger partial charge on any atom is -0.726 e. The molecule has 376 valence electrons. The molecule has 0 spiro atoms. The number of carbonyl (C=O) groups excluding carboxylic acids is 2. The molecule has 0 fully saturated rings. The second kappa shape index (κ2) is 28.5. The lowest BCUT2D eigenvalue weighted by atomic mass is 9.99. The topological polar surface area (TPSA) is 385 Å². The number of guanidine groups is 2. The highest BCUT2D eigenvalue weighted by Gasteiger charge is 2.33. The number of aliphatic hydroxyl groups is 1. The zero-order valence-corrected chi connectivity index (χ0v) is 40.7. The highest BCUT2D eigenvalue weighted by molar-refractivity contribution is 7.81. The summed E-state index contributed by atoms with van der Waals surface area (Å²) in [5.41, 5.74) is 14.0. The number of nitrogens with one attached hydrogen (secondary N) is 6. The van der Waals surface area contributed by atoms with Crippen LogP contribution >= 0.6 is 0 Å². The standard InChI is InChI=1S/C39H67N9O15S3/c1-25(2)17-21-45-38(40)44-20-10-12-32(48(8)37(51)31(42-7)11-9-19-43-39(41)46-22-18-27(5)13-15-33(49)26(3)4)36(50)47-28(6)35(63-66(58,59)60)29-14-16-34(62-65(55,56)57)30(23-29)24-61-64(52,53)54/h14,16-18,23,28,31-33,35,42,49H,3,9-13,15,19-22,24H2,1-2,4-8H3,(H,47,50)(H3,40,44,45)(H3,41,43,46)(H,52,53,54)(H,55,56,57)(H,58,59,60)/p-1/b27-18-/t28-,31?,32?,33?,35+/m1/s1. The number of benzene rings is 1. The van der Waals surface area contributed by atoms with E-state index in [-0.39, 0.29) is 30.9 Å². The number of hydrogen-bond acceptors (Lipinski definition) is 16. The van der Waals surface area contributed by atoms with Crippen LogP contribution in [0.3, 0.4) is 0 Å². The summed E-state index contributed by atoms with van der Waals surface area (Å²) in [5, 5.41) is 21.5. The molecule has 0 radical (unpaired) electrons. The molecule has 5 atom stereocenters. The van der Waals surface area contributed by atoms with Gasteiger partial charge in [-0.1, -0.05) is 41.5 Å². The Morgan fingerprint density at radius 1 is 0.894 bits per heavy atom. The van der Waals surface area contributed by atoms with Gasteiger partial charge in [-0.3, -0.25) is 50.0 Å². The molecule has 0 heterocycles. The van der Waals surface area contributed by atoms with Crippen molar-refractivity contribution in [3.63, 3.8) is 0 Å². The fraction of sp³-hybridized carbons (Fsp3) is 0.590. The molecule has 66 heavy (non-hydrogen) atoms. The van der Waals surface area contributed by atoms with Crippen molar-refractivity contribution in [3.8, 4) is 5.75 Å². The van der Waals surface area contributed by atoms with Gasteiger partial charge in [0.2, 0.25) is 32.6 Å². The number of carbonyl (C=O) groups is 2. The highest BCUT2D eigenvalue weighted by Crippen LogP contribution is 2.30. The molecule has 3 unspecified atom stereocenters. The third kappa shape index (κ3) is 25.3. The van der Waals surface area contributed by atoms with E-state index in [9.17, 15) is 53.6 Å². The molecule has 0 bridgehead atoms. The Labute approximate surface area is 388 Å². The number of amides is 2. The molecule has 27 heteroatoms. The van der Waals surface area contributed by atoms with Crippen LogP contribution in [0.15, 0.2) is 53.6 Å². The maximum Gasteiger partial charge on any atom is 0.341 e. The molecule has 1 aromatic rings. The lowest BCUT2D eigenvalue weighted by Gasteiger charge is -2.33. The SMILES string of the molecule is C=C(C)C(O)CC/C(C)=C\C[NH+]=C(N)NCCCC(NC)C(=O)N(C)C(CCCNC(N)=[NH+]CC=C(C)C)C(=O)N[C@H](C)[C@H](OS(=O)(=O)[O-])c1ccc(OS(=O)(=O)[O-])c(COS(=O)(=O)[O-])c1. The van der Waals surface area contributed by atoms with Gasteiger partial charge in [0.05, 0.1) is 51.0 Å². The lowest BCUT2D eigenvalue weighted by Crippen LogP contribution is -2.78. The van der Waals surface area contributed by atoms with Gasteiger partial charge in [0, 0.05) is 12.6 Å². The Balaban J connectivity index is 3.36. The third-order valence-electron chi connectivity index (χ3n) is 9.66. The Morgan fingerprint density at radius 2 is 1.47 bits per heavy atom. The molecule has 0 aliphatic rings. The van der Waals surface area contributed by atoms with E-state index in [4.69, 9.17) is 15.7 Å². The number of allylic oxidation sites excluding steroid dienone is 2. The first-order valence-corrected chi connectivity index (χ1v) is 24.6. The van der Waals surface area contributed by atoms with Gasteiger partial charge in [0.15, 0.2) is 0 Å². The van der Waals surface area contributed by atoms with E-state index in [0.717, 1.165) is 29.3 Å². The van der Waals surface area contributed by atoms with Gasteiger partial charge in [-0.2, -0.15) is 0 Å². The minimum atomic E-state index is -5.57. The van der Waals surface area contributed by atoms with Crippen molar-refractivity contribution >= 4 is 54.9 Å². The molecule has 0 aromatic heterocycles. The van der Waals surface area contributed by atoms with Gasteiger partial charge in [0.1, 0.15) is 17.9 Å². The van der Waals surface area contributed by atoms with Gasteiger partial charge < -0.3 is 38.5 Å². The number of rotatable bonds is 30. The summed E-state index contributed by atoms with van der Waals surface area (Å²) in [6.45, 7) is 12.8. The number of hydrogen-bond donors (Lipinski definition) is 9. The predicted octanol–water partition coefficient (Wildman–Crippen LogP) is -3.90. The van der Waals surface area contributed by atoms with E-state index in [1.165, 1.54) is 18.9 Å². The molecule has 24 nitrogen and oxygen atoms in total. The van der Waals surface area contributed by atoms with E-state index < -0.39 is 91.3 Å². The summed E-state index contributed by atoms with van der Waals surface area (Å²) in [6, 6.07) is -0.889. The normalized spacial score (nSPS) is 15.2. The van der Waals surface area contributed by atoms with E-state index in [1.54, 1.807) is 14.0 Å². The first-order valence-electron chi connectivity index (χ1n) is 20.6. The maximum atomic E-state index is 14.1. The van der Waals surface area contributed by atoms with Crippen molar-refractivity contribution in [2.24, 2.45) is 11.5 Å². The van der Waals surface area contributed by atoms with Crippen LogP contribution < -0.4 is 46.9 Å². The van der Waals surface area contributed by atoms with Gasteiger partial charge in [-0.05, 0) is 97.9 Å². The molecule has 1 rings (SSSR count). The van der Waals surface area contributed by atoms with Gasteiger partial charge >= 0.3 is 11.9 Å². The maximum absolute atomic E-state index is 14.1. The average molecular weight is 997 g/mol. The van der Waals surface area contributed by atoms with E-state index in [0.29, 0.717) is 56.9 Å². The number of aliphatic hydroxyl groups excluding tert-OH is 1. The van der Waals surface area contributed by atoms with Gasteiger partial charge in [0.25, 0.3) is 10.4 Å². The van der Waals surface area contributed by atoms with Crippen LogP contribution in [0.4, 0.5) is 0 Å². The van der Waals surface area contributed by atoms with Crippen molar-refractivity contribution in [1.29, 1.82) is 0 Å². The van der Waals surface area contributed by atoms with E-state index in [1.807, 2.05) is 32.9 Å². The Bertz CT molecular complexity index is 2230. The second-order valence-corrected chi connectivity index (χ2v) is 18.6. The van der Waals surface area contributed by atoms with Crippen LogP contribution in [-0.4, -0.2) is 137 Å². The quantitative estimate of drug-likeness (QED) is 0.00888. The summed E-state index contributed by atoms with van der Waals surface area (Å²) in [5.74, 6) is -1.56. The molecule has 1 aromatic carbocycles. The molecule has 0 aliphatic heterocycles. The zero-order chi connectivity index (χ0) is 50.4. The summed E-state index contributed by atoms with van der Waals surface area (Å²) in [4.78, 5) is 35.3. The first-order chi connectivity index (χ1) is 30.5. The monoisotopic (exact) mass is 996 g/mol. The van der Waals surface area contributed by atoms with Crippen LogP contribution in [0.2, 0.25) is 0 Å². The Kier molecular flexibility index (Phi) is 25.6. The molecule has 0 aliphatic carbocycles. The van der Waals surface area contributed by atoms with Gasteiger partial charge in [-0.15, -0.1) is 0 Å². The number of nitrogens with two attached hydrogens (primary N) is 2. The average Bonchev–Trinajstić information content (AvgIpc) is 3.19. The van der Waals surface area contributed by atoms with Gasteiger partial charge in [-0.25, -0.2) is 25.3 Å². The minimum absolute atomic E-state index is 0.0266. The lowest BCUT2D eigenvalue weighted by molar-refractivity contribution is -0.448. The zero-order valence-electron chi connectivity index (χ0n) is 38.2. The fourth-order valence-electron chi connectivity index (χ4n) is 6.04. The molecule has 11 N–H and O–H groups in total. The van der Waals surface area contributed by atoms with Crippen molar-refractivity contribution in [3.05, 3.63) is 64.8 Å². The number of likely N-dealkylation sites (N-methyl/N-ethyl adjacent to an activating group) is 2. The predicted molar refractivity (Wildman–Crippen MR) is 240 cm³/mol. The molecule has 0 saturated carbocycles. The first kappa shape index (κ1) is 59.3. The second-order valence-electron chi connectivity index (χ2n) is 15.5. The largest absolute Gasteiger partial charge is 0.726 e. The molecular formula is C39H66N9O15S3-.